The van der Waals surface area contributed by atoms with Gasteiger partial charge < -0.3 is 20.4 Å². The Hall–Kier alpha value is -2.41. The Bertz CT molecular complexity index is 693. The third kappa shape index (κ3) is 2.15. The van der Waals surface area contributed by atoms with Crippen LogP contribution in [0, 0.1) is 17.0 Å². The molecule has 0 aliphatic carbocycles. The maximum Gasteiger partial charge on any atom is 0.346 e. The summed E-state index contributed by atoms with van der Waals surface area (Å²) in [5.41, 5.74) is 0.0808. The number of carbonyl (C=O) groups excluding carboxylic acids is 1. The maximum absolute atomic E-state index is 12.1. The molecule has 0 radical (unpaired) electrons. The molecule has 0 saturated heterocycles. The van der Waals surface area contributed by atoms with Gasteiger partial charge in [0, 0.05) is 17.5 Å². The van der Waals surface area contributed by atoms with Crippen molar-refractivity contribution in [2.75, 3.05) is 13.2 Å². The van der Waals surface area contributed by atoms with Crippen LogP contribution in [0.1, 0.15) is 16.2 Å². The van der Waals surface area contributed by atoms with Gasteiger partial charge in [0.1, 0.15) is 5.52 Å². The van der Waals surface area contributed by atoms with Crippen LogP contribution in [-0.2, 0) is 0 Å². The summed E-state index contributed by atoms with van der Waals surface area (Å²) in [5.74, 6) is -0.683. The number of aliphatic hydroxyl groups excluding tert-OH is 1. The van der Waals surface area contributed by atoms with Gasteiger partial charge in [0.15, 0.2) is 0 Å². The van der Waals surface area contributed by atoms with Crippen LogP contribution in [0.2, 0.25) is 0 Å². The monoisotopic (exact) mass is 263 g/mol. The number of carbonyl (C=O) groups is 1. The lowest BCUT2D eigenvalue weighted by atomic mass is 10.2. The summed E-state index contributed by atoms with van der Waals surface area (Å²) in [4.78, 5) is 24.0. The van der Waals surface area contributed by atoms with Crippen molar-refractivity contribution in [3.05, 3.63) is 45.8 Å². The number of hydrogen-bond acceptors (Lipinski definition) is 4. The second kappa shape index (κ2) is 5.07. The number of hydrogen-bond donors (Lipinski definition) is 2. The van der Waals surface area contributed by atoms with Crippen LogP contribution in [0.15, 0.2) is 24.3 Å². The van der Waals surface area contributed by atoms with Crippen LogP contribution in [0.3, 0.4) is 0 Å². The summed E-state index contributed by atoms with van der Waals surface area (Å²) >= 11 is 0. The number of rotatable bonds is 3. The van der Waals surface area contributed by atoms with E-state index in [1.54, 1.807) is 12.1 Å². The van der Waals surface area contributed by atoms with E-state index >= 15 is 0 Å². The van der Waals surface area contributed by atoms with Gasteiger partial charge in [0.25, 0.3) is 5.52 Å². The van der Waals surface area contributed by atoms with Gasteiger partial charge in [-0.15, -0.1) is 0 Å². The van der Waals surface area contributed by atoms with Gasteiger partial charge in [0.05, 0.1) is 16.7 Å². The minimum Gasteiger partial charge on any atom is -0.805 e. The maximum atomic E-state index is 12.1. The zero-order valence-electron chi connectivity index (χ0n) is 10.3. The molecule has 2 N–H and O–H groups in total. The van der Waals surface area contributed by atoms with Gasteiger partial charge >= 0.3 is 11.6 Å². The lowest BCUT2D eigenvalue weighted by molar-refractivity contribution is -0.468. The zero-order chi connectivity index (χ0) is 14.0. The SMILES string of the molecule is Cc1c(C(=O)NCCO)[n+](=O)c2ccccc2n1[O-]. The van der Waals surface area contributed by atoms with E-state index in [-0.39, 0.29) is 35.6 Å². The van der Waals surface area contributed by atoms with E-state index in [1.165, 1.54) is 19.1 Å². The molecule has 0 spiro atoms. The van der Waals surface area contributed by atoms with Crippen LogP contribution in [0.4, 0.5) is 0 Å². The fraction of sp³-hybridized carbons (Fsp3) is 0.250. The fourth-order valence-corrected chi connectivity index (χ4v) is 1.86. The van der Waals surface area contributed by atoms with Gasteiger partial charge in [-0.25, -0.2) is 0 Å². The van der Waals surface area contributed by atoms with Crippen molar-refractivity contribution in [3.8, 4) is 0 Å². The molecule has 1 aromatic carbocycles. The first-order chi connectivity index (χ1) is 9.07. The Morgan fingerprint density at radius 1 is 1.47 bits per heavy atom. The van der Waals surface area contributed by atoms with Gasteiger partial charge in [-0.2, -0.15) is 0 Å². The summed E-state index contributed by atoms with van der Waals surface area (Å²) < 4.78 is 0.989. The molecule has 0 unspecified atom stereocenters. The molecule has 0 fully saturated rings. The molecule has 1 amide bonds. The predicted molar refractivity (Wildman–Crippen MR) is 68.2 cm³/mol. The number of benzene rings is 1. The van der Waals surface area contributed by atoms with Crippen molar-refractivity contribution in [2.24, 2.45) is 0 Å². The predicted octanol–water partition coefficient (Wildman–Crippen LogP) is -0.0678. The van der Waals surface area contributed by atoms with Crippen molar-refractivity contribution < 1.29 is 14.3 Å². The largest absolute Gasteiger partial charge is 0.805 e. The van der Waals surface area contributed by atoms with Gasteiger partial charge in [-0.3, -0.25) is 4.79 Å². The Morgan fingerprint density at radius 2 is 2.16 bits per heavy atom. The highest BCUT2D eigenvalue weighted by molar-refractivity contribution is 5.93. The molecule has 19 heavy (non-hydrogen) atoms. The Balaban J connectivity index is 2.68. The highest BCUT2D eigenvalue weighted by Gasteiger charge is 2.26. The van der Waals surface area contributed by atoms with Crippen molar-refractivity contribution in [3.63, 3.8) is 0 Å². The first kappa shape index (κ1) is 13.0. The van der Waals surface area contributed by atoms with E-state index in [4.69, 9.17) is 5.11 Å². The molecular weight excluding hydrogens is 250 g/mol. The van der Waals surface area contributed by atoms with Crippen molar-refractivity contribution in [1.29, 1.82) is 0 Å². The molecule has 100 valence electrons. The highest BCUT2D eigenvalue weighted by Crippen LogP contribution is 2.13. The number of fused-ring (bicyclic) bond motifs is 1. The van der Waals surface area contributed by atoms with Crippen LogP contribution >= 0.6 is 0 Å². The topological polar surface area (TPSA) is 100 Å². The molecule has 0 bridgehead atoms. The van der Waals surface area contributed by atoms with Crippen molar-refractivity contribution in [2.45, 2.75) is 6.92 Å². The van der Waals surface area contributed by atoms with Gasteiger partial charge in [-0.1, -0.05) is 12.1 Å². The standard InChI is InChI=1S/C12H13N3O4/c1-8-11(12(17)13-6-7-16)15(19)10-5-3-2-4-9(10)14(8)18/h2-5,16H,6-7H2,1H3,(H,13,17). The third-order valence-corrected chi connectivity index (χ3v) is 2.78. The average molecular weight is 263 g/mol. The van der Waals surface area contributed by atoms with Crippen molar-refractivity contribution >= 4 is 16.9 Å². The van der Waals surface area contributed by atoms with E-state index in [9.17, 15) is 14.9 Å². The Kier molecular flexibility index (Phi) is 3.48. The smallest absolute Gasteiger partial charge is 0.346 e. The summed E-state index contributed by atoms with van der Waals surface area (Å²) in [5, 5.41) is 23.0. The lowest BCUT2D eigenvalue weighted by Gasteiger charge is -2.15. The average Bonchev–Trinajstić information content (AvgIpc) is 2.43. The number of para-hydroxylation sites is 2. The summed E-state index contributed by atoms with van der Waals surface area (Å²) in [6, 6.07) is 6.24. The summed E-state index contributed by atoms with van der Waals surface area (Å²) in [6.07, 6.45) is 0. The van der Waals surface area contributed by atoms with Crippen LogP contribution in [-0.4, -0.2) is 28.9 Å². The van der Waals surface area contributed by atoms with E-state index in [1.807, 2.05) is 0 Å². The van der Waals surface area contributed by atoms with Gasteiger partial charge in [0.2, 0.25) is 0 Å². The minimum absolute atomic E-state index is 0.0177. The fourth-order valence-electron chi connectivity index (χ4n) is 1.86. The Labute approximate surface area is 108 Å². The number of nitrogens with zero attached hydrogens (tertiary/aromatic N) is 2. The summed E-state index contributed by atoms with van der Waals surface area (Å²) in [7, 11) is 0. The zero-order valence-corrected chi connectivity index (χ0v) is 10.3. The van der Waals surface area contributed by atoms with E-state index < -0.39 is 5.91 Å². The van der Waals surface area contributed by atoms with Gasteiger partial charge in [-0.05, 0) is 13.0 Å². The molecule has 0 aliphatic heterocycles. The van der Waals surface area contributed by atoms with Crippen molar-refractivity contribution in [1.82, 2.24) is 10.0 Å². The first-order valence-electron chi connectivity index (χ1n) is 5.71. The van der Waals surface area contributed by atoms with Crippen LogP contribution < -0.4 is 9.74 Å². The molecule has 1 aromatic heterocycles. The quantitative estimate of drug-likeness (QED) is 0.757. The molecule has 0 atom stereocenters. The number of amides is 1. The second-order valence-electron chi connectivity index (χ2n) is 3.99. The van der Waals surface area contributed by atoms with E-state index in [0.29, 0.717) is 9.16 Å². The summed E-state index contributed by atoms with van der Waals surface area (Å²) in [6.45, 7) is 1.18. The molecule has 7 nitrogen and oxygen atoms in total. The molecule has 1 heterocycles. The van der Waals surface area contributed by atoms with E-state index in [0.717, 1.165) is 0 Å². The number of aromatic nitrogens is 2. The highest BCUT2D eigenvalue weighted by atomic mass is 16.5. The second-order valence-corrected chi connectivity index (χ2v) is 3.99. The Morgan fingerprint density at radius 3 is 2.84 bits per heavy atom. The molecular formula is C12H13N3O4. The first-order valence-corrected chi connectivity index (χ1v) is 5.71. The lowest BCUT2D eigenvalue weighted by Crippen LogP contribution is -2.37. The number of aliphatic hydroxyl groups is 1. The molecule has 7 heteroatoms. The van der Waals surface area contributed by atoms with Crippen LogP contribution in [0.25, 0.3) is 11.0 Å². The number of nitrogens with one attached hydrogen (secondary N) is 1. The molecule has 2 rings (SSSR count). The molecule has 0 saturated carbocycles. The molecule has 2 aromatic rings. The molecule has 0 aliphatic rings. The minimum atomic E-state index is -0.683. The normalized spacial score (nSPS) is 10.6. The third-order valence-electron chi connectivity index (χ3n) is 2.78. The van der Waals surface area contributed by atoms with Crippen LogP contribution in [0.5, 0.6) is 0 Å². The van der Waals surface area contributed by atoms with E-state index in [2.05, 4.69) is 5.32 Å².